The number of aliphatic hydroxyl groups is 2. The van der Waals surface area contributed by atoms with Crippen molar-refractivity contribution in [2.45, 2.75) is 18.9 Å². The van der Waals surface area contributed by atoms with Gasteiger partial charge in [0, 0.05) is 38.7 Å². The summed E-state index contributed by atoms with van der Waals surface area (Å²) in [6, 6.07) is 2.02. The summed E-state index contributed by atoms with van der Waals surface area (Å²) in [5.74, 6) is 2.23. The third-order valence-electron chi connectivity index (χ3n) is 5.45. The number of rotatable bonds is 4. The van der Waals surface area contributed by atoms with Gasteiger partial charge < -0.3 is 20.1 Å². The highest BCUT2D eigenvalue weighted by atomic mass is 16.3. The van der Waals surface area contributed by atoms with Crippen LogP contribution in [0.5, 0.6) is 0 Å². The average Bonchev–Trinajstić information content (AvgIpc) is 3.27. The van der Waals surface area contributed by atoms with Gasteiger partial charge in [-0.1, -0.05) is 0 Å². The van der Waals surface area contributed by atoms with Crippen LogP contribution >= 0.6 is 0 Å². The number of fused-ring (bicyclic) bond motifs is 2. The number of hydrogen-bond acceptors (Lipinski definition) is 5. The zero-order valence-corrected chi connectivity index (χ0v) is 13.9. The molecule has 1 aliphatic carbocycles. The summed E-state index contributed by atoms with van der Waals surface area (Å²) < 4.78 is 2.23. The Kier molecular flexibility index (Phi) is 4.07. The zero-order chi connectivity index (χ0) is 16.7. The highest BCUT2D eigenvalue weighted by Gasteiger charge is 2.41. The molecule has 1 saturated carbocycles. The summed E-state index contributed by atoms with van der Waals surface area (Å²) in [6.07, 6.45) is 5.03. The molecule has 2 aromatic heterocycles. The third kappa shape index (κ3) is 2.72. The number of aromatic amines is 1. The van der Waals surface area contributed by atoms with Gasteiger partial charge in [0.15, 0.2) is 0 Å². The molecular formula is C17H24N5O2+. The van der Waals surface area contributed by atoms with E-state index in [0.717, 1.165) is 42.8 Å². The van der Waals surface area contributed by atoms with E-state index < -0.39 is 6.10 Å². The van der Waals surface area contributed by atoms with Crippen LogP contribution in [0.15, 0.2) is 18.6 Å². The topological polar surface area (TPSA) is 88.3 Å². The second-order valence-corrected chi connectivity index (χ2v) is 7.05. The van der Waals surface area contributed by atoms with E-state index in [1.54, 1.807) is 6.33 Å². The smallest absolute Gasteiger partial charge is 0.335 e. The summed E-state index contributed by atoms with van der Waals surface area (Å²) in [4.78, 5) is 14.2. The second-order valence-electron chi connectivity index (χ2n) is 7.05. The van der Waals surface area contributed by atoms with Gasteiger partial charge in [0.25, 0.3) is 0 Å². The zero-order valence-electron chi connectivity index (χ0n) is 13.9. The van der Waals surface area contributed by atoms with Crippen molar-refractivity contribution >= 4 is 22.6 Å². The van der Waals surface area contributed by atoms with E-state index in [1.807, 2.05) is 12.3 Å². The van der Waals surface area contributed by atoms with E-state index >= 15 is 0 Å². The van der Waals surface area contributed by atoms with E-state index in [9.17, 15) is 5.11 Å². The number of H-pyrrole nitrogens is 1. The molecule has 1 saturated heterocycles. The minimum Gasteiger partial charge on any atom is -0.394 e. The molecule has 24 heavy (non-hydrogen) atoms. The van der Waals surface area contributed by atoms with Crippen molar-refractivity contribution in [1.29, 1.82) is 0 Å². The first-order valence-electron chi connectivity index (χ1n) is 8.53. The van der Waals surface area contributed by atoms with Crippen LogP contribution in [-0.2, 0) is 0 Å². The molecule has 3 heterocycles. The lowest BCUT2D eigenvalue weighted by molar-refractivity contribution is -0.410. The Morgan fingerprint density at radius 1 is 1.33 bits per heavy atom. The van der Waals surface area contributed by atoms with E-state index in [2.05, 4.69) is 31.5 Å². The van der Waals surface area contributed by atoms with Crippen LogP contribution in [0, 0.1) is 11.8 Å². The Morgan fingerprint density at radius 3 is 2.79 bits per heavy atom. The van der Waals surface area contributed by atoms with Gasteiger partial charge >= 0.3 is 5.82 Å². The Balaban J connectivity index is 1.52. The van der Waals surface area contributed by atoms with Crippen molar-refractivity contribution in [1.82, 2.24) is 19.9 Å². The fourth-order valence-electron chi connectivity index (χ4n) is 4.24. The van der Waals surface area contributed by atoms with Gasteiger partial charge in [-0.15, -0.1) is 0 Å². The number of nitrogens with one attached hydrogen (secondary N) is 1. The quantitative estimate of drug-likeness (QED) is 0.705. The van der Waals surface area contributed by atoms with Crippen molar-refractivity contribution in [3.63, 3.8) is 0 Å². The molecule has 0 amide bonds. The Hall–Kier alpha value is -1.83. The normalized spacial score (nSPS) is 25.4. The predicted octanol–water partition coefficient (Wildman–Crippen LogP) is 0.368. The van der Waals surface area contributed by atoms with Gasteiger partial charge in [-0.05, 0) is 22.9 Å². The second kappa shape index (κ2) is 6.23. The lowest BCUT2D eigenvalue weighted by Crippen LogP contribution is -2.33. The van der Waals surface area contributed by atoms with Crippen molar-refractivity contribution < 1.29 is 14.8 Å². The minimum atomic E-state index is -0.627. The largest absolute Gasteiger partial charge is 0.394 e. The van der Waals surface area contributed by atoms with E-state index in [4.69, 9.17) is 5.11 Å². The van der Waals surface area contributed by atoms with Crippen LogP contribution in [0.4, 0.5) is 5.82 Å². The summed E-state index contributed by atoms with van der Waals surface area (Å²) in [5, 5.41) is 19.7. The first kappa shape index (κ1) is 15.7. The number of likely N-dealkylation sites (tertiary alicyclic amines) is 1. The number of aliphatic hydroxyl groups excluding tert-OH is 2. The first-order chi connectivity index (χ1) is 11.7. The maximum absolute atomic E-state index is 9.63. The average molecular weight is 330 g/mol. The highest BCUT2D eigenvalue weighted by Crippen LogP contribution is 2.37. The SMILES string of the molecule is C[N+](=C1CC2CN(C[C@H](O)CO)CC2C1)c1ncnc2[nH]ccc12. The number of β-amino-alcohol motifs (C(OH)–C–C–N with tert-alkyl or cyclic N) is 1. The highest BCUT2D eigenvalue weighted by molar-refractivity contribution is 5.87. The number of nitrogens with zero attached hydrogens (tertiary/aromatic N) is 4. The molecule has 0 spiro atoms. The van der Waals surface area contributed by atoms with Crippen LogP contribution < -0.4 is 0 Å². The summed E-state index contributed by atoms with van der Waals surface area (Å²) >= 11 is 0. The van der Waals surface area contributed by atoms with Crippen LogP contribution in [0.3, 0.4) is 0 Å². The first-order valence-corrected chi connectivity index (χ1v) is 8.53. The molecule has 3 atom stereocenters. The van der Waals surface area contributed by atoms with Crippen LogP contribution in [0.1, 0.15) is 12.8 Å². The molecule has 3 N–H and O–H groups in total. The predicted molar refractivity (Wildman–Crippen MR) is 90.5 cm³/mol. The van der Waals surface area contributed by atoms with Gasteiger partial charge in [-0.2, -0.15) is 4.98 Å². The van der Waals surface area contributed by atoms with Crippen LogP contribution in [-0.4, -0.2) is 79.7 Å². The summed E-state index contributed by atoms with van der Waals surface area (Å²) in [7, 11) is 2.10. The van der Waals surface area contributed by atoms with Crippen molar-refractivity contribution in [3.8, 4) is 0 Å². The molecule has 1 aliphatic heterocycles. The standard InChI is InChI=1S/C17H24N5O2/c1-21(17-15-2-3-18-16(15)19-10-20-17)13-4-11-6-22(7-12(11)5-13)8-14(24)9-23/h2-3,10-12,14,23-24H,4-9H2,1H3,(H,18,19,20)/q+1/t11?,12?,14-/m0/s1. The van der Waals surface area contributed by atoms with Crippen molar-refractivity contribution in [3.05, 3.63) is 18.6 Å². The van der Waals surface area contributed by atoms with Gasteiger partial charge in [0.05, 0.1) is 25.5 Å². The Labute approximate surface area is 140 Å². The monoisotopic (exact) mass is 330 g/mol. The summed E-state index contributed by atoms with van der Waals surface area (Å²) in [6.45, 7) is 2.42. The maximum Gasteiger partial charge on any atom is 0.335 e. The lowest BCUT2D eigenvalue weighted by Gasteiger charge is -2.19. The fraction of sp³-hybridized carbons (Fsp3) is 0.588. The van der Waals surface area contributed by atoms with Gasteiger partial charge in [-0.25, -0.2) is 4.58 Å². The van der Waals surface area contributed by atoms with Crippen molar-refractivity contribution in [2.24, 2.45) is 11.8 Å². The Morgan fingerprint density at radius 2 is 2.08 bits per heavy atom. The molecule has 0 radical (unpaired) electrons. The molecule has 128 valence electrons. The fourth-order valence-corrected chi connectivity index (χ4v) is 4.24. The molecule has 2 aromatic rings. The lowest BCUT2D eigenvalue weighted by atomic mass is 10.0. The van der Waals surface area contributed by atoms with E-state index in [0.29, 0.717) is 18.4 Å². The minimum absolute atomic E-state index is 0.160. The summed E-state index contributed by atoms with van der Waals surface area (Å²) in [5.41, 5.74) is 2.29. The number of hydrogen-bond donors (Lipinski definition) is 3. The van der Waals surface area contributed by atoms with Crippen LogP contribution in [0.25, 0.3) is 11.0 Å². The molecule has 2 unspecified atom stereocenters. The van der Waals surface area contributed by atoms with Gasteiger partial charge in [-0.3, -0.25) is 0 Å². The molecule has 7 nitrogen and oxygen atoms in total. The van der Waals surface area contributed by atoms with Crippen LogP contribution in [0.2, 0.25) is 0 Å². The Bertz CT molecular complexity index is 755. The van der Waals surface area contributed by atoms with E-state index in [-0.39, 0.29) is 6.61 Å². The third-order valence-corrected chi connectivity index (χ3v) is 5.45. The molecule has 0 aromatic carbocycles. The molecular weight excluding hydrogens is 306 g/mol. The van der Waals surface area contributed by atoms with Gasteiger partial charge in [0.1, 0.15) is 11.0 Å². The van der Waals surface area contributed by atoms with Gasteiger partial charge in [0.2, 0.25) is 6.33 Å². The molecule has 0 bridgehead atoms. The molecule has 2 fully saturated rings. The van der Waals surface area contributed by atoms with Crippen molar-refractivity contribution in [2.75, 3.05) is 33.3 Å². The number of aromatic nitrogens is 3. The molecule has 4 rings (SSSR count). The molecule has 7 heteroatoms. The van der Waals surface area contributed by atoms with E-state index in [1.165, 1.54) is 5.71 Å². The maximum atomic E-state index is 9.63. The molecule has 2 aliphatic rings.